The summed E-state index contributed by atoms with van der Waals surface area (Å²) in [5, 5.41) is 1.32. The molecule has 0 N–H and O–H groups in total. The van der Waals surface area contributed by atoms with Crippen molar-refractivity contribution in [3.05, 3.63) is 65.1 Å². The molecular formula is C21H23N3O2. The molecule has 0 spiro atoms. The zero-order valence-corrected chi connectivity index (χ0v) is 15.2. The van der Waals surface area contributed by atoms with Gasteiger partial charge >= 0.3 is 5.97 Å². The number of nitrogens with zero attached hydrogens (tertiary/aromatic N) is 3. The molecule has 0 unspecified atom stereocenters. The highest BCUT2D eigenvalue weighted by molar-refractivity contribution is 5.87. The predicted molar refractivity (Wildman–Crippen MR) is 101 cm³/mol. The second kappa shape index (κ2) is 6.92. The normalized spacial score (nSPS) is 14.4. The molecule has 134 valence electrons. The number of esters is 1. The highest BCUT2D eigenvalue weighted by Gasteiger charge is 2.22. The summed E-state index contributed by atoms with van der Waals surface area (Å²) in [6.07, 6.45) is 2.62. The first-order chi connectivity index (χ1) is 12.6. The Morgan fingerprint density at radius 1 is 1.27 bits per heavy atom. The van der Waals surface area contributed by atoms with Gasteiger partial charge in [-0.05, 0) is 43.8 Å². The molecule has 4 rings (SSSR count). The zero-order valence-electron chi connectivity index (χ0n) is 15.2. The van der Waals surface area contributed by atoms with Crippen molar-refractivity contribution in [3.8, 4) is 0 Å². The van der Waals surface area contributed by atoms with Gasteiger partial charge in [0.2, 0.25) is 0 Å². The number of likely N-dealkylation sites (N-methyl/N-ethyl adjacent to an activating group) is 1. The van der Waals surface area contributed by atoms with Gasteiger partial charge in [-0.25, -0.2) is 9.78 Å². The standard InChI is InChI=1S/C21H23N3O2/c1-15-6-7-19-16(13-15)17-14-23(2)10-8-20(17)24(19)11-12-26-21(25)18-5-3-4-9-22-18/h3-7,9,13H,8,10-12,14H2,1-2H3. The second-order valence-electron chi connectivity index (χ2n) is 6.94. The Hall–Kier alpha value is -2.66. The topological polar surface area (TPSA) is 47.4 Å². The molecule has 0 saturated heterocycles. The predicted octanol–water partition coefficient (Wildman–Crippen LogP) is 3.19. The van der Waals surface area contributed by atoms with E-state index in [1.807, 2.05) is 0 Å². The maximum atomic E-state index is 12.1. The molecule has 0 bridgehead atoms. The maximum Gasteiger partial charge on any atom is 0.356 e. The summed E-state index contributed by atoms with van der Waals surface area (Å²) < 4.78 is 7.78. The smallest absolute Gasteiger partial charge is 0.356 e. The van der Waals surface area contributed by atoms with Gasteiger partial charge in [0.25, 0.3) is 0 Å². The maximum absolute atomic E-state index is 12.1. The lowest BCUT2D eigenvalue weighted by Gasteiger charge is -2.24. The fourth-order valence-corrected chi connectivity index (χ4v) is 3.74. The van der Waals surface area contributed by atoms with Crippen LogP contribution in [0.4, 0.5) is 0 Å². The molecule has 0 saturated carbocycles. The van der Waals surface area contributed by atoms with Gasteiger partial charge in [-0.2, -0.15) is 0 Å². The summed E-state index contributed by atoms with van der Waals surface area (Å²) in [5.41, 5.74) is 5.63. The minimum absolute atomic E-state index is 0.343. The van der Waals surface area contributed by atoms with Crippen molar-refractivity contribution >= 4 is 16.9 Å². The van der Waals surface area contributed by atoms with E-state index in [0.717, 1.165) is 19.5 Å². The van der Waals surface area contributed by atoms with Gasteiger partial charge in [0.05, 0.1) is 6.54 Å². The van der Waals surface area contributed by atoms with Crippen LogP contribution in [-0.2, 0) is 24.2 Å². The lowest BCUT2D eigenvalue weighted by molar-refractivity contribution is 0.0484. The van der Waals surface area contributed by atoms with Gasteiger partial charge in [-0.3, -0.25) is 0 Å². The van der Waals surface area contributed by atoms with E-state index in [1.165, 1.54) is 27.7 Å². The molecule has 2 aromatic heterocycles. The average molecular weight is 349 g/mol. The SMILES string of the molecule is Cc1ccc2c(c1)c1c(n2CCOC(=O)c2ccccn2)CCN(C)C1. The van der Waals surface area contributed by atoms with Crippen molar-refractivity contribution in [2.45, 2.75) is 26.4 Å². The largest absolute Gasteiger partial charge is 0.459 e. The van der Waals surface area contributed by atoms with Crippen LogP contribution in [-0.4, -0.2) is 40.6 Å². The minimum atomic E-state index is -0.369. The first-order valence-corrected chi connectivity index (χ1v) is 9.01. The molecule has 0 radical (unpaired) electrons. The molecule has 0 amide bonds. The van der Waals surface area contributed by atoms with E-state index >= 15 is 0 Å². The lowest BCUT2D eigenvalue weighted by atomic mass is 10.0. The number of hydrogen-bond acceptors (Lipinski definition) is 4. The van der Waals surface area contributed by atoms with E-state index in [0.29, 0.717) is 18.8 Å². The van der Waals surface area contributed by atoms with Crippen LogP contribution in [0, 0.1) is 6.92 Å². The highest BCUT2D eigenvalue weighted by Crippen LogP contribution is 2.31. The van der Waals surface area contributed by atoms with Gasteiger partial charge in [0.1, 0.15) is 12.3 Å². The first kappa shape index (κ1) is 16.8. The number of aromatic nitrogens is 2. The molecule has 1 aliphatic rings. The fourth-order valence-electron chi connectivity index (χ4n) is 3.74. The Balaban J connectivity index is 1.58. The molecular weight excluding hydrogens is 326 g/mol. The Labute approximate surface area is 153 Å². The van der Waals surface area contributed by atoms with Crippen LogP contribution >= 0.6 is 0 Å². The molecule has 0 fully saturated rings. The van der Waals surface area contributed by atoms with E-state index < -0.39 is 0 Å². The minimum Gasteiger partial charge on any atom is -0.459 e. The first-order valence-electron chi connectivity index (χ1n) is 9.01. The highest BCUT2D eigenvalue weighted by atomic mass is 16.5. The molecule has 5 heteroatoms. The Morgan fingerprint density at radius 2 is 2.15 bits per heavy atom. The monoisotopic (exact) mass is 349 g/mol. The third-order valence-electron chi connectivity index (χ3n) is 5.02. The van der Waals surface area contributed by atoms with Gasteiger partial charge in [-0.1, -0.05) is 17.7 Å². The van der Waals surface area contributed by atoms with Crippen molar-refractivity contribution in [2.24, 2.45) is 0 Å². The molecule has 5 nitrogen and oxygen atoms in total. The van der Waals surface area contributed by atoms with Crippen molar-refractivity contribution < 1.29 is 9.53 Å². The summed E-state index contributed by atoms with van der Waals surface area (Å²) in [7, 11) is 2.16. The number of fused-ring (bicyclic) bond motifs is 3. The molecule has 0 atom stereocenters. The van der Waals surface area contributed by atoms with E-state index in [-0.39, 0.29) is 5.97 Å². The fraction of sp³-hybridized carbons (Fsp3) is 0.333. The number of rotatable bonds is 4. The molecule has 1 aliphatic heterocycles. The summed E-state index contributed by atoms with van der Waals surface area (Å²) in [6.45, 7) is 5.16. The van der Waals surface area contributed by atoms with Crippen LogP contribution in [0.15, 0.2) is 42.6 Å². The van der Waals surface area contributed by atoms with Crippen molar-refractivity contribution in [1.82, 2.24) is 14.5 Å². The van der Waals surface area contributed by atoms with Gasteiger partial charge in [0.15, 0.2) is 0 Å². The van der Waals surface area contributed by atoms with Crippen LogP contribution in [0.1, 0.15) is 27.3 Å². The number of hydrogen-bond donors (Lipinski definition) is 0. The van der Waals surface area contributed by atoms with Crippen LogP contribution in [0.25, 0.3) is 10.9 Å². The quantitative estimate of drug-likeness (QED) is 0.679. The zero-order chi connectivity index (χ0) is 18.1. The van der Waals surface area contributed by atoms with E-state index in [1.54, 1.807) is 24.4 Å². The molecule has 3 aromatic rings. The molecule has 26 heavy (non-hydrogen) atoms. The third-order valence-corrected chi connectivity index (χ3v) is 5.02. The summed E-state index contributed by atoms with van der Waals surface area (Å²) >= 11 is 0. The van der Waals surface area contributed by atoms with Gasteiger partial charge < -0.3 is 14.2 Å². The Bertz CT molecular complexity index is 947. The lowest BCUT2D eigenvalue weighted by Crippen LogP contribution is -2.27. The summed E-state index contributed by atoms with van der Waals surface area (Å²) in [4.78, 5) is 18.5. The summed E-state index contributed by atoms with van der Waals surface area (Å²) in [6, 6.07) is 11.8. The van der Waals surface area contributed by atoms with Crippen LogP contribution in [0.5, 0.6) is 0 Å². The average Bonchev–Trinajstić information content (AvgIpc) is 2.95. The van der Waals surface area contributed by atoms with Gasteiger partial charge in [-0.15, -0.1) is 0 Å². The number of aryl methyl sites for hydroxylation is 1. The van der Waals surface area contributed by atoms with Crippen molar-refractivity contribution in [3.63, 3.8) is 0 Å². The van der Waals surface area contributed by atoms with E-state index in [2.05, 4.69) is 46.6 Å². The molecule has 0 aliphatic carbocycles. The van der Waals surface area contributed by atoms with Crippen molar-refractivity contribution in [2.75, 3.05) is 20.2 Å². The number of benzene rings is 1. The Morgan fingerprint density at radius 3 is 2.96 bits per heavy atom. The number of carbonyl (C=O) groups excluding carboxylic acids is 1. The van der Waals surface area contributed by atoms with Crippen molar-refractivity contribution in [1.29, 1.82) is 0 Å². The molecule has 3 heterocycles. The third kappa shape index (κ3) is 3.10. The van der Waals surface area contributed by atoms with E-state index in [4.69, 9.17) is 4.74 Å². The van der Waals surface area contributed by atoms with E-state index in [9.17, 15) is 4.79 Å². The number of carbonyl (C=O) groups is 1. The van der Waals surface area contributed by atoms with Crippen LogP contribution in [0.3, 0.4) is 0 Å². The summed E-state index contributed by atoms with van der Waals surface area (Å²) in [5.74, 6) is -0.369. The van der Waals surface area contributed by atoms with Crippen LogP contribution in [0.2, 0.25) is 0 Å². The van der Waals surface area contributed by atoms with Crippen LogP contribution < -0.4 is 0 Å². The number of ether oxygens (including phenoxy) is 1. The second-order valence-corrected chi connectivity index (χ2v) is 6.94. The Kier molecular flexibility index (Phi) is 4.47. The number of pyridine rings is 1. The van der Waals surface area contributed by atoms with Gasteiger partial charge in [0, 0.05) is 42.3 Å². The molecule has 1 aromatic carbocycles.